The Kier molecular flexibility index (Phi) is 3.38. The first-order valence-electron chi connectivity index (χ1n) is 4.33. The molecule has 1 rings (SSSR count). The molecule has 0 atom stereocenters. The number of hydrogen-bond donors (Lipinski definition) is 0. The number of nitrogens with zero attached hydrogens (tertiary/aromatic N) is 1. The van der Waals surface area contributed by atoms with E-state index in [1.54, 1.807) is 6.92 Å². The van der Waals surface area contributed by atoms with Crippen molar-refractivity contribution in [2.45, 2.75) is 24.7 Å². The Morgan fingerprint density at radius 3 is 2.47 bits per heavy atom. The van der Waals surface area contributed by atoms with E-state index in [1.165, 1.54) is 0 Å². The predicted molar refractivity (Wildman–Crippen MR) is 51.7 cm³/mol. The zero-order valence-electron chi connectivity index (χ0n) is 8.37. The Labute approximate surface area is 87.1 Å². The minimum Gasteiger partial charge on any atom is -0.259 e. The molecular formula is C9H11F2NO2S. The van der Waals surface area contributed by atoms with Crippen LogP contribution in [0, 0.1) is 0 Å². The molecule has 1 heterocycles. The normalized spacial score (nSPS) is 12.1. The maximum Gasteiger partial charge on any atom is 0.265 e. The van der Waals surface area contributed by atoms with Crippen LogP contribution in [-0.2, 0) is 16.3 Å². The van der Waals surface area contributed by atoms with Crippen LogP contribution in [0.3, 0.4) is 0 Å². The number of aryl methyl sites for hydroxylation is 1. The van der Waals surface area contributed by atoms with E-state index in [0.717, 1.165) is 18.5 Å². The zero-order chi connectivity index (χ0) is 11.6. The number of hydrogen-bond acceptors (Lipinski definition) is 3. The highest BCUT2D eigenvalue weighted by atomic mass is 32.2. The van der Waals surface area contributed by atoms with Gasteiger partial charge in [-0.25, -0.2) is 17.2 Å². The highest BCUT2D eigenvalue weighted by Crippen LogP contribution is 2.23. The average Bonchev–Trinajstić information content (AvgIpc) is 2.15. The summed E-state index contributed by atoms with van der Waals surface area (Å²) in [6, 6.07) is 0.992. The van der Waals surface area contributed by atoms with Gasteiger partial charge in [0.1, 0.15) is 0 Å². The fraction of sp³-hybridized carbons (Fsp3) is 0.444. The van der Waals surface area contributed by atoms with Crippen LogP contribution in [-0.4, -0.2) is 19.7 Å². The summed E-state index contributed by atoms with van der Waals surface area (Å²) >= 11 is 0. The van der Waals surface area contributed by atoms with E-state index in [1.807, 2.05) is 0 Å². The van der Waals surface area contributed by atoms with Gasteiger partial charge < -0.3 is 0 Å². The van der Waals surface area contributed by atoms with Crippen molar-refractivity contribution < 1.29 is 17.2 Å². The second-order valence-corrected chi connectivity index (χ2v) is 5.12. The summed E-state index contributed by atoms with van der Waals surface area (Å²) in [5.74, 6) is 0. The number of rotatable bonds is 3. The molecule has 1 aromatic heterocycles. The Hall–Kier alpha value is -1.04. The summed E-state index contributed by atoms with van der Waals surface area (Å²) in [4.78, 5) is 3.62. The van der Waals surface area contributed by atoms with E-state index < -0.39 is 16.3 Å². The lowest BCUT2D eigenvalue weighted by molar-refractivity contribution is 0.150. The SMILES string of the molecule is CCc1ncc(C(F)F)cc1S(C)(=O)=O. The summed E-state index contributed by atoms with van der Waals surface area (Å²) < 4.78 is 47.3. The van der Waals surface area contributed by atoms with E-state index in [4.69, 9.17) is 0 Å². The monoisotopic (exact) mass is 235 g/mol. The molecular weight excluding hydrogens is 224 g/mol. The minimum absolute atomic E-state index is 0.109. The molecule has 0 N–H and O–H groups in total. The highest BCUT2D eigenvalue weighted by molar-refractivity contribution is 7.90. The third-order valence-electron chi connectivity index (χ3n) is 1.94. The first kappa shape index (κ1) is 12.0. The molecule has 0 bridgehead atoms. The third-order valence-corrected chi connectivity index (χ3v) is 3.09. The molecule has 15 heavy (non-hydrogen) atoms. The zero-order valence-corrected chi connectivity index (χ0v) is 9.18. The van der Waals surface area contributed by atoms with Crippen LogP contribution in [0.5, 0.6) is 0 Å². The van der Waals surface area contributed by atoms with E-state index in [-0.39, 0.29) is 10.5 Å². The fourth-order valence-corrected chi connectivity index (χ4v) is 2.17. The van der Waals surface area contributed by atoms with Gasteiger partial charge in [0.15, 0.2) is 9.84 Å². The molecule has 84 valence electrons. The molecule has 6 heteroatoms. The number of pyridine rings is 1. The molecule has 3 nitrogen and oxygen atoms in total. The lowest BCUT2D eigenvalue weighted by atomic mass is 10.2. The summed E-state index contributed by atoms with van der Waals surface area (Å²) in [7, 11) is -3.50. The maximum absolute atomic E-state index is 12.3. The molecule has 1 aromatic rings. The topological polar surface area (TPSA) is 47.0 Å². The Balaban J connectivity index is 3.39. The van der Waals surface area contributed by atoms with Crippen molar-refractivity contribution in [1.82, 2.24) is 4.98 Å². The van der Waals surface area contributed by atoms with Gasteiger partial charge in [-0.05, 0) is 12.5 Å². The summed E-state index contributed by atoms with van der Waals surface area (Å²) in [5, 5.41) is 0. The third kappa shape index (κ3) is 2.71. The molecule has 0 fully saturated rings. The predicted octanol–water partition coefficient (Wildman–Crippen LogP) is 1.99. The van der Waals surface area contributed by atoms with E-state index in [9.17, 15) is 17.2 Å². The van der Waals surface area contributed by atoms with Gasteiger partial charge in [-0.2, -0.15) is 0 Å². The van der Waals surface area contributed by atoms with E-state index in [0.29, 0.717) is 12.1 Å². The van der Waals surface area contributed by atoms with Crippen LogP contribution in [0.4, 0.5) is 8.78 Å². The van der Waals surface area contributed by atoms with Crippen LogP contribution in [0.2, 0.25) is 0 Å². The van der Waals surface area contributed by atoms with Gasteiger partial charge in [0.05, 0.1) is 10.6 Å². The molecule has 0 aromatic carbocycles. The first-order chi connectivity index (χ1) is 6.86. The standard InChI is InChI=1S/C9H11F2NO2S/c1-3-7-8(15(2,13)14)4-6(5-12-7)9(10)11/h4-5,9H,3H2,1-2H3. The summed E-state index contributed by atoms with van der Waals surface area (Å²) in [5.41, 5.74) is -0.0467. The van der Waals surface area contributed by atoms with Gasteiger partial charge >= 0.3 is 0 Å². The van der Waals surface area contributed by atoms with Crippen LogP contribution < -0.4 is 0 Å². The van der Waals surface area contributed by atoms with Crippen LogP contribution in [0.15, 0.2) is 17.2 Å². The fourth-order valence-electron chi connectivity index (χ4n) is 1.19. The number of aromatic nitrogens is 1. The van der Waals surface area contributed by atoms with Crippen LogP contribution in [0.1, 0.15) is 24.6 Å². The minimum atomic E-state index is -3.50. The molecule has 0 aliphatic heterocycles. The van der Waals surface area contributed by atoms with Gasteiger partial charge in [0.2, 0.25) is 0 Å². The number of sulfone groups is 1. The van der Waals surface area contributed by atoms with Crippen LogP contribution >= 0.6 is 0 Å². The van der Waals surface area contributed by atoms with Crippen molar-refractivity contribution in [3.05, 3.63) is 23.5 Å². The molecule has 0 radical (unpaired) electrons. The summed E-state index contributed by atoms with van der Waals surface area (Å²) in [6.45, 7) is 1.72. The van der Waals surface area contributed by atoms with Gasteiger partial charge in [0.25, 0.3) is 6.43 Å². The average molecular weight is 235 g/mol. The van der Waals surface area contributed by atoms with Crippen LogP contribution in [0.25, 0.3) is 0 Å². The number of halogens is 2. The van der Waals surface area contributed by atoms with Crippen molar-refractivity contribution in [2.75, 3.05) is 6.26 Å². The molecule has 0 saturated heterocycles. The quantitative estimate of drug-likeness (QED) is 0.804. The first-order valence-corrected chi connectivity index (χ1v) is 6.22. The Morgan fingerprint density at radius 2 is 2.07 bits per heavy atom. The molecule has 0 amide bonds. The van der Waals surface area contributed by atoms with Gasteiger partial charge in [-0.1, -0.05) is 6.92 Å². The second kappa shape index (κ2) is 4.22. The van der Waals surface area contributed by atoms with Gasteiger partial charge in [-0.15, -0.1) is 0 Å². The number of alkyl halides is 2. The van der Waals surface area contributed by atoms with Gasteiger partial charge in [-0.3, -0.25) is 4.98 Å². The lowest BCUT2D eigenvalue weighted by Crippen LogP contribution is -2.05. The maximum atomic E-state index is 12.3. The lowest BCUT2D eigenvalue weighted by Gasteiger charge is -2.07. The second-order valence-electron chi connectivity index (χ2n) is 3.14. The smallest absolute Gasteiger partial charge is 0.259 e. The molecule has 0 spiro atoms. The highest BCUT2D eigenvalue weighted by Gasteiger charge is 2.17. The molecule has 0 aliphatic carbocycles. The van der Waals surface area contributed by atoms with Gasteiger partial charge in [0, 0.05) is 18.0 Å². The van der Waals surface area contributed by atoms with Crippen molar-refractivity contribution in [2.24, 2.45) is 0 Å². The molecule has 0 aliphatic rings. The Morgan fingerprint density at radius 1 is 1.47 bits per heavy atom. The van der Waals surface area contributed by atoms with Crippen molar-refractivity contribution in [3.8, 4) is 0 Å². The van der Waals surface area contributed by atoms with Crippen molar-refractivity contribution in [1.29, 1.82) is 0 Å². The molecule has 0 saturated carbocycles. The summed E-state index contributed by atoms with van der Waals surface area (Å²) in [6.07, 6.45) is -0.313. The van der Waals surface area contributed by atoms with E-state index in [2.05, 4.69) is 4.98 Å². The Bertz CT molecular complexity index is 457. The van der Waals surface area contributed by atoms with Crippen molar-refractivity contribution in [3.63, 3.8) is 0 Å². The van der Waals surface area contributed by atoms with E-state index >= 15 is 0 Å². The largest absolute Gasteiger partial charge is 0.265 e. The van der Waals surface area contributed by atoms with Crippen molar-refractivity contribution >= 4 is 9.84 Å². The molecule has 0 unspecified atom stereocenters.